The molecule has 0 saturated carbocycles. The molecule has 1 aliphatic rings. The number of benzene rings is 2. The van der Waals surface area contributed by atoms with Crippen LogP contribution in [0.15, 0.2) is 54.6 Å². The molecule has 27 heavy (non-hydrogen) atoms. The molecule has 1 aliphatic heterocycles. The van der Waals surface area contributed by atoms with Crippen molar-refractivity contribution in [3.05, 3.63) is 65.7 Å². The molecule has 1 saturated heterocycles. The molecule has 0 bridgehead atoms. The summed E-state index contributed by atoms with van der Waals surface area (Å²) in [6.07, 6.45) is 3.46. The Kier molecular flexibility index (Phi) is 6.30. The van der Waals surface area contributed by atoms with Gasteiger partial charge in [-0.15, -0.1) is 0 Å². The van der Waals surface area contributed by atoms with Crippen molar-refractivity contribution in [3.8, 4) is 0 Å². The number of rotatable bonds is 5. The molecule has 0 aliphatic carbocycles. The number of carbonyl (C=O) groups is 1. The topological polar surface area (TPSA) is 35.6 Å². The highest BCUT2D eigenvalue weighted by Crippen LogP contribution is 2.26. The van der Waals surface area contributed by atoms with Gasteiger partial charge >= 0.3 is 0 Å². The van der Waals surface area contributed by atoms with E-state index < -0.39 is 0 Å². The zero-order valence-corrected chi connectivity index (χ0v) is 16.5. The zero-order chi connectivity index (χ0) is 19.2. The van der Waals surface area contributed by atoms with Crippen molar-refractivity contribution < 1.29 is 4.79 Å². The van der Waals surface area contributed by atoms with E-state index in [1.54, 1.807) is 6.08 Å². The molecule has 4 heteroatoms. The van der Waals surface area contributed by atoms with Gasteiger partial charge in [-0.1, -0.05) is 50.2 Å². The molecule has 0 spiro atoms. The molecule has 3 rings (SSSR count). The second-order valence-electron chi connectivity index (χ2n) is 7.45. The molecule has 142 valence electrons. The summed E-state index contributed by atoms with van der Waals surface area (Å²) < 4.78 is 0. The van der Waals surface area contributed by atoms with Gasteiger partial charge in [0, 0.05) is 32.3 Å². The van der Waals surface area contributed by atoms with Crippen molar-refractivity contribution in [2.24, 2.45) is 0 Å². The highest BCUT2D eigenvalue weighted by molar-refractivity contribution is 6.03. The third-order valence-electron chi connectivity index (χ3n) is 5.04. The Hall–Kier alpha value is -2.59. The number of hydrogen-bond donors (Lipinski definition) is 1. The lowest BCUT2D eigenvalue weighted by Gasteiger charge is -2.35. The number of para-hydroxylation sites is 2. The Labute approximate surface area is 162 Å². The van der Waals surface area contributed by atoms with E-state index in [0.29, 0.717) is 5.92 Å². The van der Waals surface area contributed by atoms with E-state index in [0.717, 1.165) is 43.1 Å². The predicted molar refractivity (Wildman–Crippen MR) is 114 cm³/mol. The van der Waals surface area contributed by atoms with Gasteiger partial charge in [0.05, 0.1) is 11.4 Å². The Morgan fingerprint density at radius 3 is 2.33 bits per heavy atom. The normalized spacial score (nSPS) is 15.5. The average Bonchev–Trinajstić information content (AvgIpc) is 2.68. The Bertz CT molecular complexity index is 788. The number of piperazine rings is 1. The summed E-state index contributed by atoms with van der Waals surface area (Å²) in [7, 11) is 2.14. The van der Waals surface area contributed by atoms with Gasteiger partial charge in [0.15, 0.2) is 0 Å². The number of carbonyl (C=O) groups excluding carboxylic acids is 1. The molecule has 1 amide bonds. The van der Waals surface area contributed by atoms with Crippen molar-refractivity contribution in [1.29, 1.82) is 0 Å². The van der Waals surface area contributed by atoms with Crippen LogP contribution in [0.4, 0.5) is 11.4 Å². The minimum Gasteiger partial charge on any atom is -0.367 e. The van der Waals surface area contributed by atoms with Crippen LogP contribution in [0.2, 0.25) is 0 Å². The van der Waals surface area contributed by atoms with Crippen LogP contribution in [0.3, 0.4) is 0 Å². The summed E-state index contributed by atoms with van der Waals surface area (Å²) in [5, 5.41) is 3.04. The van der Waals surface area contributed by atoms with E-state index in [2.05, 4.69) is 66.3 Å². The van der Waals surface area contributed by atoms with Crippen LogP contribution in [-0.2, 0) is 4.79 Å². The van der Waals surface area contributed by atoms with Crippen LogP contribution in [0.5, 0.6) is 0 Å². The smallest absolute Gasteiger partial charge is 0.248 e. The van der Waals surface area contributed by atoms with Crippen LogP contribution in [0.25, 0.3) is 6.08 Å². The summed E-state index contributed by atoms with van der Waals surface area (Å²) in [6.45, 7) is 8.37. The van der Waals surface area contributed by atoms with Gasteiger partial charge in [-0.25, -0.2) is 0 Å². The van der Waals surface area contributed by atoms with Crippen LogP contribution >= 0.6 is 0 Å². The first-order valence-electron chi connectivity index (χ1n) is 9.64. The summed E-state index contributed by atoms with van der Waals surface area (Å²) in [5.41, 5.74) is 4.29. The van der Waals surface area contributed by atoms with Gasteiger partial charge in [-0.05, 0) is 42.3 Å². The van der Waals surface area contributed by atoms with Crippen molar-refractivity contribution in [2.75, 3.05) is 43.4 Å². The maximum atomic E-state index is 12.4. The largest absolute Gasteiger partial charge is 0.367 e. The molecule has 2 aromatic carbocycles. The van der Waals surface area contributed by atoms with Crippen molar-refractivity contribution >= 4 is 23.4 Å². The summed E-state index contributed by atoms with van der Waals surface area (Å²) in [4.78, 5) is 17.1. The molecule has 1 N–H and O–H groups in total. The van der Waals surface area contributed by atoms with Gasteiger partial charge in [0.2, 0.25) is 5.91 Å². The zero-order valence-electron chi connectivity index (χ0n) is 16.5. The third kappa shape index (κ3) is 5.20. The fourth-order valence-electron chi connectivity index (χ4n) is 3.24. The number of hydrogen-bond acceptors (Lipinski definition) is 3. The molecule has 1 fully saturated rings. The first kappa shape index (κ1) is 19.2. The predicted octanol–water partition coefficient (Wildman–Crippen LogP) is 4.21. The molecule has 0 atom stereocenters. The highest BCUT2D eigenvalue weighted by Gasteiger charge is 2.17. The van der Waals surface area contributed by atoms with Crippen molar-refractivity contribution in [3.63, 3.8) is 0 Å². The second kappa shape index (κ2) is 8.87. The highest BCUT2D eigenvalue weighted by atomic mass is 16.1. The summed E-state index contributed by atoms with van der Waals surface area (Å²) in [6, 6.07) is 16.4. The molecular weight excluding hydrogens is 334 g/mol. The fourth-order valence-corrected chi connectivity index (χ4v) is 3.24. The van der Waals surface area contributed by atoms with E-state index in [9.17, 15) is 4.79 Å². The lowest BCUT2D eigenvalue weighted by Crippen LogP contribution is -2.44. The van der Waals surface area contributed by atoms with Gasteiger partial charge in [0.25, 0.3) is 0 Å². The van der Waals surface area contributed by atoms with Gasteiger partial charge in [-0.2, -0.15) is 0 Å². The number of anilines is 2. The minimum atomic E-state index is -0.107. The number of amides is 1. The van der Waals surface area contributed by atoms with E-state index in [1.807, 2.05) is 24.3 Å². The number of nitrogens with zero attached hydrogens (tertiary/aromatic N) is 2. The maximum Gasteiger partial charge on any atom is 0.248 e. The molecule has 0 aromatic heterocycles. The van der Waals surface area contributed by atoms with Crippen molar-refractivity contribution in [2.45, 2.75) is 19.8 Å². The van der Waals surface area contributed by atoms with Gasteiger partial charge in [0.1, 0.15) is 0 Å². The molecule has 0 unspecified atom stereocenters. The number of likely N-dealkylation sites (N-methyl/N-ethyl adjacent to an activating group) is 1. The maximum absolute atomic E-state index is 12.4. The molecule has 2 aromatic rings. The summed E-state index contributed by atoms with van der Waals surface area (Å²) in [5.74, 6) is 0.405. The minimum absolute atomic E-state index is 0.107. The van der Waals surface area contributed by atoms with E-state index in [4.69, 9.17) is 0 Å². The van der Waals surface area contributed by atoms with Gasteiger partial charge in [-0.3, -0.25) is 4.79 Å². The average molecular weight is 364 g/mol. The quantitative estimate of drug-likeness (QED) is 0.808. The van der Waals surface area contributed by atoms with Crippen LogP contribution in [0.1, 0.15) is 30.9 Å². The van der Waals surface area contributed by atoms with Crippen LogP contribution in [-0.4, -0.2) is 44.0 Å². The second-order valence-corrected chi connectivity index (χ2v) is 7.45. The number of nitrogens with one attached hydrogen (secondary N) is 1. The van der Waals surface area contributed by atoms with Crippen molar-refractivity contribution in [1.82, 2.24) is 4.90 Å². The molecule has 4 nitrogen and oxygen atoms in total. The first-order chi connectivity index (χ1) is 13.0. The third-order valence-corrected chi connectivity index (χ3v) is 5.04. The van der Waals surface area contributed by atoms with E-state index in [1.165, 1.54) is 5.56 Å². The Morgan fingerprint density at radius 2 is 1.67 bits per heavy atom. The van der Waals surface area contributed by atoms with E-state index in [-0.39, 0.29) is 5.91 Å². The van der Waals surface area contributed by atoms with Crippen LogP contribution < -0.4 is 10.2 Å². The summed E-state index contributed by atoms with van der Waals surface area (Å²) >= 11 is 0. The Balaban J connectivity index is 1.65. The van der Waals surface area contributed by atoms with E-state index >= 15 is 0 Å². The lowest BCUT2D eigenvalue weighted by atomic mass is 10.0. The molecular formula is C23H29N3O. The van der Waals surface area contributed by atoms with Gasteiger partial charge < -0.3 is 15.1 Å². The van der Waals surface area contributed by atoms with Crippen LogP contribution in [0, 0.1) is 0 Å². The monoisotopic (exact) mass is 363 g/mol. The fraction of sp³-hybridized carbons (Fsp3) is 0.348. The molecule has 1 heterocycles. The standard InChI is InChI=1S/C23H29N3O/c1-18(2)20-11-8-19(9-12-20)10-13-23(27)24-21-6-4-5-7-22(21)26-16-14-25(3)15-17-26/h4-13,18H,14-17H2,1-3H3,(H,24,27). The molecule has 0 radical (unpaired) electrons. The SMILES string of the molecule is CC(C)c1ccc(C=CC(=O)Nc2ccccc2N2CCN(C)CC2)cc1. The lowest BCUT2D eigenvalue weighted by molar-refractivity contribution is -0.111. The Morgan fingerprint density at radius 1 is 1.00 bits per heavy atom. The first-order valence-corrected chi connectivity index (χ1v) is 9.64.